The molecule has 4 rings (SSSR count). The van der Waals surface area contributed by atoms with Crippen molar-refractivity contribution in [2.24, 2.45) is 0 Å². The Morgan fingerprint density at radius 3 is 2.55 bits per heavy atom. The highest BCUT2D eigenvalue weighted by atomic mass is 32.2. The van der Waals surface area contributed by atoms with Gasteiger partial charge in [0.1, 0.15) is 0 Å². The largest absolute Gasteiger partial charge is 0.361 e. The van der Waals surface area contributed by atoms with Gasteiger partial charge >= 0.3 is 0 Å². The van der Waals surface area contributed by atoms with Crippen LogP contribution in [0.25, 0.3) is 0 Å². The van der Waals surface area contributed by atoms with E-state index in [0.29, 0.717) is 19.6 Å². The van der Waals surface area contributed by atoms with Crippen molar-refractivity contribution in [2.75, 3.05) is 11.4 Å². The van der Waals surface area contributed by atoms with Gasteiger partial charge in [-0.1, -0.05) is 48.5 Å². The lowest BCUT2D eigenvalue weighted by Crippen LogP contribution is -2.45. The Hall–Kier alpha value is -2.64. The zero-order chi connectivity index (χ0) is 21.8. The number of nitrogens with zero attached hydrogens (tertiary/aromatic N) is 3. The predicted molar refractivity (Wildman–Crippen MR) is 124 cm³/mol. The lowest BCUT2D eigenvalue weighted by molar-refractivity contribution is 0.367. The number of hydrogen-bond donors (Lipinski definition) is 1. The van der Waals surface area contributed by atoms with Gasteiger partial charge in [0.25, 0.3) is 0 Å². The molecule has 164 valence electrons. The molecule has 0 bridgehead atoms. The molecule has 0 amide bonds. The van der Waals surface area contributed by atoms with Crippen molar-refractivity contribution in [1.82, 2.24) is 14.3 Å². The quantitative estimate of drug-likeness (QED) is 0.606. The molecule has 6 nitrogen and oxygen atoms in total. The highest BCUT2D eigenvalue weighted by Crippen LogP contribution is 2.32. The van der Waals surface area contributed by atoms with Crippen LogP contribution in [0.15, 0.2) is 67.1 Å². The van der Waals surface area contributed by atoms with Gasteiger partial charge in [-0.2, -0.15) is 4.31 Å². The first kappa shape index (κ1) is 21.6. The van der Waals surface area contributed by atoms with Crippen molar-refractivity contribution >= 4 is 15.7 Å². The van der Waals surface area contributed by atoms with Gasteiger partial charge in [-0.15, -0.1) is 0 Å². The van der Waals surface area contributed by atoms with E-state index >= 15 is 0 Å². The highest BCUT2D eigenvalue weighted by molar-refractivity contribution is 7.89. The number of para-hydroxylation sites is 1. The van der Waals surface area contributed by atoms with Crippen LogP contribution in [0, 0.1) is 0 Å². The number of H-pyrrole nitrogens is 1. The monoisotopic (exact) mass is 438 g/mol. The molecule has 31 heavy (non-hydrogen) atoms. The Balaban J connectivity index is 1.72. The molecular weight excluding hydrogens is 408 g/mol. The number of fused-ring (bicyclic) bond motifs is 1. The Bertz CT molecular complexity index is 1080. The fourth-order valence-corrected chi connectivity index (χ4v) is 5.49. The Morgan fingerprint density at radius 1 is 1.10 bits per heavy atom. The summed E-state index contributed by atoms with van der Waals surface area (Å²) in [7, 11) is -3.38. The third-order valence-corrected chi connectivity index (χ3v) is 8.15. The average molecular weight is 439 g/mol. The van der Waals surface area contributed by atoms with Crippen molar-refractivity contribution in [3.63, 3.8) is 0 Å². The lowest BCUT2D eigenvalue weighted by atomic mass is 10.0. The molecule has 0 unspecified atom stereocenters. The van der Waals surface area contributed by atoms with Crippen molar-refractivity contribution < 1.29 is 8.42 Å². The number of benzene rings is 2. The van der Waals surface area contributed by atoms with Gasteiger partial charge in [-0.25, -0.2) is 13.4 Å². The summed E-state index contributed by atoms with van der Waals surface area (Å²) < 4.78 is 28.0. The molecule has 7 heteroatoms. The molecular formula is C24H30N4O2S. The molecule has 3 aromatic rings. The Morgan fingerprint density at radius 2 is 1.84 bits per heavy atom. The average Bonchev–Trinajstić information content (AvgIpc) is 3.23. The van der Waals surface area contributed by atoms with Crippen LogP contribution in [-0.4, -0.2) is 40.5 Å². The van der Waals surface area contributed by atoms with E-state index < -0.39 is 15.3 Å². The minimum Gasteiger partial charge on any atom is -0.361 e. The normalized spacial score (nSPS) is 17.5. The van der Waals surface area contributed by atoms with Gasteiger partial charge in [-0.05, 0) is 43.9 Å². The van der Waals surface area contributed by atoms with Crippen LogP contribution < -0.4 is 4.90 Å². The molecule has 2 heterocycles. The first-order valence-electron chi connectivity index (χ1n) is 10.8. The van der Waals surface area contributed by atoms with E-state index in [1.165, 1.54) is 5.56 Å². The zero-order valence-electron chi connectivity index (χ0n) is 18.1. The fourth-order valence-electron chi connectivity index (χ4n) is 4.20. The summed E-state index contributed by atoms with van der Waals surface area (Å²) in [5.41, 5.74) is 4.41. The number of nitrogens with one attached hydrogen (secondary N) is 1. The van der Waals surface area contributed by atoms with E-state index in [2.05, 4.69) is 45.2 Å². The van der Waals surface area contributed by atoms with Gasteiger partial charge in [-0.3, -0.25) is 0 Å². The van der Waals surface area contributed by atoms with E-state index in [1.807, 2.05) is 30.5 Å². The first-order chi connectivity index (χ1) is 14.9. The molecule has 0 radical (unpaired) electrons. The van der Waals surface area contributed by atoms with Gasteiger partial charge in [0.15, 0.2) is 0 Å². The third-order valence-electron chi connectivity index (χ3n) is 5.96. The summed E-state index contributed by atoms with van der Waals surface area (Å²) in [6, 6.07) is 18.6. The number of sulfonamides is 1. The molecule has 1 N–H and O–H groups in total. The molecule has 0 fully saturated rings. The second-order valence-corrected chi connectivity index (χ2v) is 10.9. The Labute approximate surface area is 185 Å². The third kappa shape index (κ3) is 4.83. The Kier molecular flexibility index (Phi) is 6.43. The van der Waals surface area contributed by atoms with E-state index in [9.17, 15) is 8.42 Å². The minimum absolute atomic E-state index is 0.0423. The smallest absolute Gasteiger partial charge is 0.216 e. The number of rotatable bonds is 7. The van der Waals surface area contributed by atoms with Crippen LogP contribution in [0.5, 0.6) is 0 Å². The van der Waals surface area contributed by atoms with Gasteiger partial charge in [0.05, 0.1) is 23.8 Å². The van der Waals surface area contributed by atoms with Gasteiger partial charge in [0, 0.05) is 31.0 Å². The number of aromatic nitrogens is 2. The van der Waals surface area contributed by atoms with E-state index in [-0.39, 0.29) is 6.04 Å². The van der Waals surface area contributed by atoms with Crippen LogP contribution in [-0.2, 0) is 29.5 Å². The molecule has 0 aliphatic carbocycles. The maximum Gasteiger partial charge on any atom is 0.216 e. The number of aryl methyl sites for hydroxylation is 1. The van der Waals surface area contributed by atoms with Crippen molar-refractivity contribution in [3.05, 3.63) is 83.9 Å². The van der Waals surface area contributed by atoms with Gasteiger partial charge < -0.3 is 9.88 Å². The molecule has 0 saturated heterocycles. The second-order valence-electron chi connectivity index (χ2n) is 8.40. The SMILES string of the molecule is CC(C)S(=O)(=O)N1Cc2ccccc2N(Cc2cnc[nH]2)[C@@H](CCc2ccccc2)C1. The van der Waals surface area contributed by atoms with E-state index in [0.717, 1.165) is 29.8 Å². The van der Waals surface area contributed by atoms with Crippen molar-refractivity contribution in [2.45, 2.75) is 51.1 Å². The van der Waals surface area contributed by atoms with Crippen molar-refractivity contribution in [1.29, 1.82) is 0 Å². The fraction of sp³-hybridized carbons (Fsp3) is 0.375. The highest BCUT2D eigenvalue weighted by Gasteiger charge is 2.34. The van der Waals surface area contributed by atoms with Crippen molar-refractivity contribution in [3.8, 4) is 0 Å². The van der Waals surface area contributed by atoms with Crippen LogP contribution in [0.1, 0.15) is 37.1 Å². The lowest BCUT2D eigenvalue weighted by Gasteiger charge is -2.34. The molecule has 2 aromatic carbocycles. The van der Waals surface area contributed by atoms with Crippen LogP contribution >= 0.6 is 0 Å². The topological polar surface area (TPSA) is 69.3 Å². The molecule has 0 saturated carbocycles. The van der Waals surface area contributed by atoms with Gasteiger partial charge in [0.2, 0.25) is 10.0 Å². The number of aromatic amines is 1. The zero-order valence-corrected chi connectivity index (χ0v) is 18.9. The molecule has 1 aliphatic heterocycles. The number of imidazole rings is 1. The second kappa shape index (κ2) is 9.24. The standard InChI is InChI=1S/C24H30N4O2S/c1-19(2)31(29,30)27-15-21-10-6-7-11-24(21)28(16-22-14-25-18-26-22)23(17-27)13-12-20-8-4-3-5-9-20/h3-11,14,18-19,23H,12-13,15-17H2,1-2H3,(H,25,26)/t23-/m0/s1. The molecule has 0 spiro atoms. The summed E-state index contributed by atoms with van der Waals surface area (Å²) in [6.45, 7) is 5.04. The number of hydrogen-bond acceptors (Lipinski definition) is 4. The molecule has 1 aliphatic rings. The van der Waals surface area contributed by atoms with E-state index in [1.54, 1.807) is 24.5 Å². The maximum absolute atomic E-state index is 13.2. The summed E-state index contributed by atoms with van der Waals surface area (Å²) in [5.74, 6) is 0. The predicted octanol–water partition coefficient (Wildman–Crippen LogP) is 3.97. The van der Waals surface area contributed by atoms with E-state index in [4.69, 9.17) is 0 Å². The molecule has 1 atom stereocenters. The summed E-state index contributed by atoms with van der Waals surface area (Å²) in [6.07, 6.45) is 5.28. The first-order valence-corrected chi connectivity index (χ1v) is 12.3. The van der Waals surface area contributed by atoms with Crippen LogP contribution in [0.4, 0.5) is 5.69 Å². The summed E-state index contributed by atoms with van der Waals surface area (Å²) >= 11 is 0. The van der Waals surface area contributed by atoms with Crippen LogP contribution in [0.2, 0.25) is 0 Å². The van der Waals surface area contributed by atoms with Crippen LogP contribution in [0.3, 0.4) is 0 Å². The maximum atomic E-state index is 13.2. The summed E-state index contributed by atoms with van der Waals surface area (Å²) in [5, 5.41) is -0.450. The minimum atomic E-state index is -3.38. The molecule has 1 aromatic heterocycles. The summed E-state index contributed by atoms with van der Waals surface area (Å²) in [4.78, 5) is 9.73. The number of anilines is 1.